The molecule has 0 aliphatic carbocycles. The van der Waals surface area contributed by atoms with Crippen molar-refractivity contribution in [3.63, 3.8) is 0 Å². The Labute approximate surface area is 129 Å². The SMILES string of the molecule is O=C(Nc1ccnc(Cl)c1)C(Br)Cc1ccccc1F. The van der Waals surface area contributed by atoms with Crippen LogP contribution in [-0.4, -0.2) is 15.7 Å². The van der Waals surface area contributed by atoms with Gasteiger partial charge in [0.1, 0.15) is 11.0 Å². The van der Waals surface area contributed by atoms with Gasteiger partial charge in [-0.3, -0.25) is 4.79 Å². The molecule has 0 bridgehead atoms. The van der Waals surface area contributed by atoms with Gasteiger partial charge in [0.25, 0.3) is 0 Å². The second kappa shape index (κ2) is 6.81. The number of hydrogen-bond donors (Lipinski definition) is 1. The number of hydrogen-bond acceptors (Lipinski definition) is 2. The highest BCUT2D eigenvalue weighted by molar-refractivity contribution is 9.10. The number of carbonyl (C=O) groups is 1. The monoisotopic (exact) mass is 356 g/mol. The van der Waals surface area contributed by atoms with Crippen molar-refractivity contribution in [2.75, 3.05) is 5.32 Å². The second-order valence-electron chi connectivity index (χ2n) is 4.12. The average molecular weight is 358 g/mol. The van der Waals surface area contributed by atoms with Crippen LogP contribution in [0.4, 0.5) is 10.1 Å². The number of nitrogens with zero attached hydrogens (tertiary/aromatic N) is 1. The van der Waals surface area contributed by atoms with E-state index in [1.807, 2.05) is 0 Å². The molecule has 0 aliphatic rings. The van der Waals surface area contributed by atoms with Gasteiger partial charge in [-0.15, -0.1) is 0 Å². The van der Waals surface area contributed by atoms with Crippen LogP contribution in [0.25, 0.3) is 0 Å². The van der Waals surface area contributed by atoms with Crippen LogP contribution in [0.3, 0.4) is 0 Å². The summed E-state index contributed by atoms with van der Waals surface area (Å²) in [5.74, 6) is -0.591. The van der Waals surface area contributed by atoms with Crippen molar-refractivity contribution in [2.45, 2.75) is 11.2 Å². The van der Waals surface area contributed by atoms with Gasteiger partial charge < -0.3 is 5.32 Å². The fourth-order valence-electron chi connectivity index (χ4n) is 1.65. The summed E-state index contributed by atoms with van der Waals surface area (Å²) in [4.78, 5) is 15.3. The standard InChI is InChI=1S/C14H11BrClFN2O/c15-11(7-9-3-1-2-4-12(9)17)14(20)19-10-5-6-18-13(16)8-10/h1-6,8,11H,7H2,(H,18,19,20). The average Bonchev–Trinajstić information content (AvgIpc) is 2.41. The first-order valence-electron chi connectivity index (χ1n) is 5.86. The van der Waals surface area contributed by atoms with Crippen molar-refractivity contribution in [1.29, 1.82) is 0 Å². The Morgan fingerprint density at radius 1 is 1.40 bits per heavy atom. The predicted octanol–water partition coefficient (Wildman–Crippen LogP) is 3.82. The van der Waals surface area contributed by atoms with Crippen LogP contribution in [-0.2, 0) is 11.2 Å². The van der Waals surface area contributed by atoms with Crippen LogP contribution in [0.2, 0.25) is 5.15 Å². The minimum Gasteiger partial charge on any atom is -0.325 e. The molecule has 1 N–H and O–H groups in total. The third-order valence-corrected chi connectivity index (χ3v) is 3.58. The Morgan fingerprint density at radius 2 is 2.15 bits per heavy atom. The molecule has 0 saturated carbocycles. The minimum absolute atomic E-state index is 0.261. The van der Waals surface area contributed by atoms with Crippen LogP contribution < -0.4 is 5.32 Å². The van der Waals surface area contributed by atoms with E-state index in [1.165, 1.54) is 12.3 Å². The maximum absolute atomic E-state index is 13.5. The Kier molecular flexibility index (Phi) is 5.09. The Hall–Kier alpha value is -1.46. The number of rotatable bonds is 4. The summed E-state index contributed by atoms with van der Waals surface area (Å²) in [6.45, 7) is 0. The van der Waals surface area contributed by atoms with Crippen molar-refractivity contribution >= 4 is 39.1 Å². The lowest BCUT2D eigenvalue weighted by atomic mass is 10.1. The first-order valence-corrected chi connectivity index (χ1v) is 7.15. The molecule has 2 rings (SSSR count). The van der Waals surface area contributed by atoms with Crippen LogP contribution in [0.15, 0.2) is 42.6 Å². The zero-order valence-corrected chi connectivity index (χ0v) is 12.7. The third kappa shape index (κ3) is 4.02. The Morgan fingerprint density at radius 3 is 2.85 bits per heavy atom. The van der Waals surface area contributed by atoms with E-state index in [4.69, 9.17) is 11.6 Å². The van der Waals surface area contributed by atoms with Gasteiger partial charge in [0.2, 0.25) is 5.91 Å². The maximum atomic E-state index is 13.5. The summed E-state index contributed by atoms with van der Waals surface area (Å²) in [5.41, 5.74) is 1.03. The van der Waals surface area contributed by atoms with E-state index >= 15 is 0 Å². The minimum atomic E-state index is -0.536. The van der Waals surface area contributed by atoms with Crippen LogP contribution in [0.5, 0.6) is 0 Å². The lowest BCUT2D eigenvalue weighted by Crippen LogP contribution is -2.25. The number of carbonyl (C=O) groups excluding carboxylic acids is 1. The molecule has 1 unspecified atom stereocenters. The number of pyridine rings is 1. The van der Waals surface area contributed by atoms with Crippen molar-refractivity contribution in [1.82, 2.24) is 4.98 Å². The molecule has 3 nitrogen and oxygen atoms in total. The maximum Gasteiger partial charge on any atom is 0.238 e. The van der Waals surface area contributed by atoms with Crippen LogP contribution >= 0.6 is 27.5 Å². The summed E-state index contributed by atoms with van der Waals surface area (Å²) < 4.78 is 13.5. The molecule has 0 saturated heterocycles. The molecule has 1 heterocycles. The fourth-order valence-corrected chi connectivity index (χ4v) is 2.29. The first-order chi connectivity index (χ1) is 9.56. The molecule has 104 valence electrons. The molecule has 0 aliphatic heterocycles. The van der Waals surface area contributed by atoms with Gasteiger partial charge in [0, 0.05) is 11.9 Å². The predicted molar refractivity (Wildman–Crippen MR) is 80.7 cm³/mol. The van der Waals surface area contributed by atoms with E-state index in [0.717, 1.165) is 0 Å². The van der Waals surface area contributed by atoms with Gasteiger partial charge in [-0.2, -0.15) is 0 Å². The van der Waals surface area contributed by atoms with E-state index in [-0.39, 0.29) is 18.1 Å². The quantitative estimate of drug-likeness (QED) is 0.668. The van der Waals surface area contributed by atoms with Crippen molar-refractivity contribution in [3.05, 3.63) is 59.1 Å². The Bertz CT molecular complexity index is 624. The molecule has 1 aromatic heterocycles. The number of aromatic nitrogens is 1. The summed E-state index contributed by atoms with van der Waals surface area (Å²) in [5, 5.41) is 2.98. The molecule has 6 heteroatoms. The molecular formula is C14H11BrClFN2O. The Balaban J connectivity index is 2.01. The first kappa shape index (κ1) is 14.9. The fraction of sp³-hybridized carbons (Fsp3) is 0.143. The molecule has 1 atom stereocenters. The zero-order chi connectivity index (χ0) is 14.5. The highest BCUT2D eigenvalue weighted by atomic mass is 79.9. The van der Waals surface area contributed by atoms with Crippen LogP contribution in [0, 0.1) is 5.82 Å². The summed E-state index contributed by atoms with van der Waals surface area (Å²) in [7, 11) is 0. The molecule has 0 spiro atoms. The van der Waals surface area contributed by atoms with E-state index < -0.39 is 4.83 Å². The van der Waals surface area contributed by atoms with Crippen LogP contribution in [0.1, 0.15) is 5.56 Å². The molecular weight excluding hydrogens is 347 g/mol. The largest absolute Gasteiger partial charge is 0.325 e. The van der Waals surface area contributed by atoms with Crippen molar-refractivity contribution in [2.24, 2.45) is 0 Å². The number of alkyl halides is 1. The number of anilines is 1. The van der Waals surface area contributed by atoms with E-state index in [9.17, 15) is 9.18 Å². The summed E-state index contributed by atoms with van der Waals surface area (Å²) in [6.07, 6.45) is 1.76. The van der Waals surface area contributed by atoms with E-state index in [2.05, 4.69) is 26.2 Å². The number of nitrogens with one attached hydrogen (secondary N) is 1. The normalized spacial score (nSPS) is 11.9. The van der Waals surface area contributed by atoms with Gasteiger partial charge in [-0.25, -0.2) is 9.37 Å². The number of halogens is 3. The lowest BCUT2D eigenvalue weighted by Gasteiger charge is -2.11. The van der Waals surface area contributed by atoms with E-state index in [0.29, 0.717) is 16.4 Å². The molecule has 2 aromatic rings. The summed E-state index contributed by atoms with van der Waals surface area (Å²) >= 11 is 9.00. The smallest absolute Gasteiger partial charge is 0.238 e. The lowest BCUT2D eigenvalue weighted by molar-refractivity contribution is -0.115. The number of benzene rings is 1. The molecule has 1 amide bonds. The molecule has 0 radical (unpaired) electrons. The van der Waals surface area contributed by atoms with Gasteiger partial charge >= 0.3 is 0 Å². The van der Waals surface area contributed by atoms with Gasteiger partial charge in [0.15, 0.2) is 0 Å². The zero-order valence-electron chi connectivity index (χ0n) is 10.3. The summed E-state index contributed by atoms with van der Waals surface area (Å²) in [6, 6.07) is 9.55. The molecule has 0 fully saturated rings. The molecule has 20 heavy (non-hydrogen) atoms. The molecule has 1 aromatic carbocycles. The van der Waals surface area contributed by atoms with Gasteiger partial charge in [-0.05, 0) is 30.2 Å². The van der Waals surface area contributed by atoms with E-state index in [1.54, 1.807) is 30.3 Å². The highest BCUT2D eigenvalue weighted by Gasteiger charge is 2.17. The van der Waals surface area contributed by atoms with Crippen molar-refractivity contribution in [3.8, 4) is 0 Å². The topological polar surface area (TPSA) is 42.0 Å². The third-order valence-electron chi connectivity index (χ3n) is 2.64. The van der Waals surface area contributed by atoms with Gasteiger partial charge in [-0.1, -0.05) is 45.7 Å². The van der Waals surface area contributed by atoms with Gasteiger partial charge in [0.05, 0.1) is 4.83 Å². The second-order valence-corrected chi connectivity index (χ2v) is 5.61. The van der Waals surface area contributed by atoms with Crippen molar-refractivity contribution < 1.29 is 9.18 Å². The number of amides is 1. The highest BCUT2D eigenvalue weighted by Crippen LogP contribution is 2.17.